The second-order valence-electron chi connectivity index (χ2n) is 7.51. The Hall–Kier alpha value is -1.59. The van der Waals surface area contributed by atoms with Crippen LogP contribution in [0.3, 0.4) is 0 Å². The number of carbonyl (C=O) groups excluding carboxylic acids is 1. The summed E-state index contributed by atoms with van der Waals surface area (Å²) in [6, 6.07) is 8.15. The average molecular weight is 319 g/mol. The number of aliphatic hydroxyl groups is 1. The molecule has 0 saturated heterocycles. The normalized spacial score (nSPS) is 17.4. The molecule has 2 amide bonds. The van der Waals surface area contributed by atoms with Crippen LogP contribution in [0.15, 0.2) is 24.3 Å². The van der Waals surface area contributed by atoms with Crippen molar-refractivity contribution >= 4 is 11.7 Å². The van der Waals surface area contributed by atoms with Crippen LogP contribution in [0.1, 0.15) is 52.1 Å². The number of benzene rings is 1. The van der Waals surface area contributed by atoms with Crippen molar-refractivity contribution in [2.75, 3.05) is 11.9 Å². The van der Waals surface area contributed by atoms with Gasteiger partial charge in [-0.05, 0) is 42.9 Å². The Bertz CT molecular complexity index is 518. The Balaban J connectivity index is 1.82. The molecule has 128 valence electrons. The molecule has 1 aliphatic carbocycles. The fourth-order valence-corrected chi connectivity index (χ4v) is 2.15. The molecule has 1 aromatic carbocycles. The summed E-state index contributed by atoms with van der Waals surface area (Å²) in [5, 5.41) is 19.2. The van der Waals surface area contributed by atoms with Crippen LogP contribution in [0.2, 0.25) is 0 Å². The first kappa shape index (κ1) is 17.8. The molecule has 23 heavy (non-hydrogen) atoms. The van der Waals surface area contributed by atoms with E-state index in [1.165, 1.54) is 0 Å². The highest BCUT2D eigenvalue weighted by Gasteiger charge is 2.23. The minimum atomic E-state index is -0.392. The van der Waals surface area contributed by atoms with Gasteiger partial charge in [-0.15, -0.1) is 0 Å². The van der Waals surface area contributed by atoms with Gasteiger partial charge in [-0.2, -0.15) is 0 Å². The Morgan fingerprint density at radius 3 is 2.39 bits per heavy atom. The number of urea groups is 1. The van der Waals surface area contributed by atoms with Crippen molar-refractivity contribution < 1.29 is 9.90 Å². The number of nitrogens with one attached hydrogen (secondary N) is 3. The van der Waals surface area contributed by atoms with E-state index in [-0.39, 0.29) is 17.5 Å². The average Bonchev–Trinajstić information content (AvgIpc) is 3.27. The molecule has 0 heterocycles. The molecule has 5 nitrogen and oxygen atoms in total. The van der Waals surface area contributed by atoms with Gasteiger partial charge >= 0.3 is 6.03 Å². The number of amides is 2. The largest absolute Gasteiger partial charge is 0.391 e. The minimum Gasteiger partial charge on any atom is -0.391 e. The molecule has 5 heteroatoms. The van der Waals surface area contributed by atoms with Gasteiger partial charge < -0.3 is 21.1 Å². The summed E-state index contributed by atoms with van der Waals surface area (Å²) >= 11 is 0. The maximum Gasteiger partial charge on any atom is 0.319 e. The first-order valence-corrected chi connectivity index (χ1v) is 8.34. The summed E-state index contributed by atoms with van der Waals surface area (Å²) in [5.74, 6) is 0. The number of rotatable bonds is 6. The van der Waals surface area contributed by atoms with E-state index in [0.717, 1.165) is 24.1 Å². The van der Waals surface area contributed by atoms with Gasteiger partial charge in [0.25, 0.3) is 0 Å². The molecule has 1 aromatic rings. The quantitative estimate of drug-likeness (QED) is 0.651. The Kier molecular flexibility index (Phi) is 5.65. The van der Waals surface area contributed by atoms with Gasteiger partial charge in [0.15, 0.2) is 0 Å². The summed E-state index contributed by atoms with van der Waals surface area (Å²) in [6.07, 6.45) is 1.77. The van der Waals surface area contributed by atoms with Crippen LogP contribution in [-0.4, -0.2) is 29.8 Å². The third kappa shape index (κ3) is 5.84. The zero-order valence-corrected chi connectivity index (χ0v) is 14.5. The molecular formula is C18H29N3O2. The fraction of sp³-hybridized carbons (Fsp3) is 0.611. The first-order chi connectivity index (χ1) is 10.8. The lowest BCUT2D eigenvalue weighted by Gasteiger charge is -2.27. The van der Waals surface area contributed by atoms with Gasteiger partial charge in [0.1, 0.15) is 0 Å². The molecule has 0 radical (unpaired) electrons. The Morgan fingerprint density at radius 2 is 1.87 bits per heavy atom. The second-order valence-corrected chi connectivity index (χ2v) is 7.51. The van der Waals surface area contributed by atoms with Gasteiger partial charge in [0.05, 0.1) is 6.10 Å². The maximum atomic E-state index is 11.7. The summed E-state index contributed by atoms with van der Waals surface area (Å²) in [6.45, 7) is 8.69. The van der Waals surface area contributed by atoms with Crippen molar-refractivity contribution in [2.45, 2.75) is 58.7 Å². The molecule has 0 aliphatic heterocycles. The Morgan fingerprint density at radius 1 is 1.26 bits per heavy atom. The molecule has 0 spiro atoms. The smallest absolute Gasteiger partial charge is 0.319 e. The van der Waals surface area contributed by atoms with E-state index < -0.39 is 6.10 Å². The number of hydrogen-bond acceptors (Lipinski definition) is 3. The lowest BCUT2D eigenvalue weighted by Crippen LogP contribution is -2.37. The van der Waals surface area contributed by atoms with E-state index in [1.54, 1.807) is 0 Å². The Labute approximate surface area is 138 Å². The monoisotopic (exact) mass is 319 g/mol. The predicted octanol–water partition coefficient (Wildman–Crippen LogP) is 3.03. The molecule has 4 N–H and O–H groups in total. The third-order valence-electron chi connectivity index (χ3n) is 4.20. The van der Waals surface area contributed by atoms with E-state index in [1.807, 2.05) is 45.0 Å². The molecule has 1 fully saturated rings. The molecule has 0 aromatic heterocycles. The highest BCUT2D eigenvalue weighted by molar-refractivity contribution is 5.89. The van der Waals surface area contributed by atoms with Gasteiger partial charge in [-0.25, -0.2) is 4.79 Å². The van der Waals surface area contributed by atoms with Crippen molar-refractivity contribution in [1.82, 2.24) is 10.6 Å². The molecule has 2 unspecified atom stereocenters. The van der Waals surface area contributed by atoms with Crippen molar-refractivity contribution in [1.29, 1.82) is 0 Å². The summed E-state index contributed by atoms with van der Waals surface area (Å²) in [5.41, 5.74) is 1.78. The van der Waals surface area contributed by atoms with Gasteiger partial charge in [0.2, 0.25) is 0 Å². The van der Waals surface area contributed by atoms with Gasteiger partial charge in [-0.3, -0.25) is 0 Å². The molecular weight excluding hydrogens is 290 g/mol. The topological polar surface area (TPSA) is 73.4 Å². The summed E-state index contributed by atoms with van der Waals surface area (Å²) in [4.78, 5) is 11.7. The lowest BCUT2D eigenvalue weighted by atomic mass is 9.89. The van der Waals surface area contributed by atoms with Crippen LogP contribution in [0.25, 0.3) is 0 Å². The third-order valence-corrected chi connectivity index (χ3v) is 4.20. The van der Waals surface area contributed by atoms with Crippen molar-refractivity contribution in [3.05, 3.63) is 29.8 Å². The fourth-order valence-electron chi connectivity index (χ4n) is 2.15. The molecule has 2 rings (SSSR count). The number of anilines is 1. The van der Waals surface area contributed by atoms with Crippen LogP contribution in [0.5, 0.6) is 0 Å². The zero-order chi connectivity index (χ0) is 17.0. The van der Waals surface area contributed by atoms with E-state index in [9.17, 15) is 9.90 Å². The van der Waals surface area contributed by atoms with Crippen LogP contribution in [0.4, 0.5) is 10.5 Å². The highest BCUT2D eigenvalue weighted by atomic mass is 16.3. The number of hydrogen-bond donors (Lipinski definition) is 4. The van der Waals surface area contributed by atoms with Crippen LogP contribution < -0.4 is 16.0 Å². The van der Waals surface area contributed by atoms with E-state index in [4.69, 9.17) is 0 Å². The van der Waals surface area contributed by atoms with E-state index in [2.05, 4.69) is 22.9 Å². The molecule has 2 atom stereocenters. The van der Waals surface area contributed by atoms with Crippen LogP contribution in [0, 0.1) is 5.41 Å². The van der Waals surface area contributed by atoms with Gasteiger partial charge in [0, 0.05) is 24.3 Å². The maximum absolute atomic E-state index is 11.7. The summed E-state index contributed by atoms with van der Waals surface area (Å²) < 4.78 is 0. The van der Waals surface area contributed by atoms with E-state index >= 15 is 0 Å². The van der Waals surface area contributed by atoms with Crippen LogP contribution in [-0.2, 0) is 0 Å². The molecule has 0 bridgehead atoms. The standard InChI is InChI=1S/C18H29N3O2/c1-12(19-11-16(22)18(2,3)4)13-5-7-14(8-6-13)20-17(23)21-15-9-10-15/h5-8,12,15-16,19,22H,9-11H2,1-4H3,(H2,20,21,23). The van der Waals surface area contributed by atoms with Gasteiger partial charge in [-0.1, -0.05) is 32.9 Å². The van der Waals surface area contributed by atoms with E-state index in [0.29, 0.717) is 12.6 Å². The lowest BCUT2D eigenvalue weighted by molar-refractivity contribution is 0.0609. The van der Waals surface area contributed by atoms with Crippen molar-refractivity contribution in [3.63, 3.8) is 0 Å². The zero-order valence-electron chi connectivity index (χ0n) is 14.5. The number of aliphatic hydroxyl groups excluding tert-OH is 1. The van der Waals surface area contributed by atoms with Crippen LogP contribution >= 0.6 is 0 Å². The SMILES string of the molecule is CC(NCC(O)C(C)(C)C)c1ccc(NC(=O)NC2CC2)cc1. The first-order valence-electron chi connectivity index (χ1n) is 8.34. The highest BCUT2D eigenvalue weighted by Crippen LogP contribution is 2.21. The predicted molar refractivity (Wildman–Crippen MR) is 93.5 cm³/mol. The second kappa shape index (κ2) is 7.32. The summed E-state index contributed by atoms with van der Waals surface area (Å²) in [7, 11) is 0. The van der Waals surface area contributed by atoms with Crippen molar-refractivity contribution in [3.8, 4) is 0 Å². The minimum absolute atomic E-state index is 0.130. The molecule has 1 saturated carbocycles. The number of carbonyl (C=O) groups is 1. The molecule has 1 aliphatic rings. The van der Waals surface area contributed by atoms with Crippen molar-refractivity contribution in [2.24, 2.45) is 5.41 Å².